The Labute approximate surface area is 213 Å². The van der Waals surface area contributed by atoms with Crippen LogP contribution in [0.3, 0.4) is 0 Å². The van der Waals surface area contributed by atoms with Crippen LogP contribution in [0.2, 0.25) is 0 Å². The zero-order chi connectivity index (χ0) is 27.5. The number of amides is 2. The van der Waals surface area contributed by atoms with Gasteiger partial charge in [0.2, 0.25) is 0 Å². The predicted octanol–water partition coefficient (Wildman–Crippen LogP) is 4.47. The van der Waals surface area contributed by atoms with Gasteiger partial charge in [0.1, 0.15) is 17.6 Å². The van der Waals surface area contributed by atoms with Crippen LogP contribution in [0.4, 0.5) is 23.8 Å². The Morgan fingerprint density at radius 3 is 2.51 bits per heavy atom. The molecule has 0 aliphatic heterocycles. The van der Waals surface area contributed by atoms with Gasteiger partial charge in [-0.3, -0.25) is 9.48 Å². The van der Waals surface area contributed by atoms with Crippen LogP contribution in [-0.2, 0) is 28.7 Å². The second kappa shape index (κ2) is 11.1. The second-order valence-corrected chi connectivity index (χ2v) is 10.5. The lowest BCUT2D eigenvalue weighted by Crippen LogP contribution is -2.37. The molecule has 0 unspecified atom stereocenters. The third kappa shape index (κ3) is 7.70. The summed E-state index contributed by atoms with van der Waals surface area (Å²) in [4.78, 5) is 25.1. The van der Waals surface area contributed by atoms with E-state index in [9.17, 15) is 22.8 Å². The number of aryl methyl sites for hydroxylation is 1. The average molecular weight is 529 g/mol. The SMILES string of the molecule is COCc1cc(C(=O)Nc2cc([C@H]3CC[C@@H](OC(=O)N[C@@H](C)CC(F)(F)F)C3)nn2C(C)(C)C)n(C)n1. The highest BCUT2D eigenvalue weighted by atomic mass is 19.4. The second-order valence-electron chi connectivity index (χ2n) is 10.5. The first-order valence-corrected chi connectivity index (χ1v) is 12.1. The van der Waals surface area contributed by atoms with Gasteiger partial charge in [0.15, 0.2) is 0 Å². The van der Waals surface area contributed by atoms with Gasteiger partial charge in [0.05, 0.1) is 30.0 Å². The molecule has 1 fully saturated rings. The van der Waals surface area contributed by atoms with Gasteiger partial charge in [0, 0.05) is 32.2 Å². The van der Waals surface area contributed by atoms with E-state index in [-0.39, 0.29) is 18.4 Å². The Morgan fingerprint density at radius 1 is 1.19 bits per heavy atom. The number of halogens is 3. The van der Waals surface area contributed by atoms with E-state index in [4.69, 9.17) is 14.6 Å². The number of nitrogens with one attached hydrogen (secondary N) is 2. The van der Waals surface area contributed by atoms with Crippen LogP contribution in [0.5, 0.6) is 0 Å². The minimum absolute atomic E-state index is 0.0327. The normalized spacial score (nSPS) is 19.1. The lowest BCUT2D eigenvalue weighted by atomic mass is 10.0. The number of hydrogen-bond donors (Lipinski definition) is 2. The molecule has 10 nitrogen and oxygen atoms in total. The molecule has 3 atom stereocenters. The van der Waals surface area contributed by atoms with Crippen LogP contribution in [0, 0.1) is 0 Å². The molecule has 2 aromatic rings. The number of aromatic nitrogens is 4. The molecule has 2 aromatic heterocycles. The van der Waals surface area contributed by atoms with E-state index in [2.05, 4.69) is 15.7 Å². The average Bonchev–Trinajstić information content (AvgIpc) is 3.44. The molecule has 1 aliphatic rings. The van der Waals surface area contributed by atoms with Crippen LogP contribution in [0.1, 0.15) is 81.2 Å². The molecule has 0 saturated heterocycles. The standard InChI is InChI=1S/C24H35F3N6O4/c1-14(12-24(25,26)27)28-22(35)37-17-8-7-15(9-17)18-11-20(33(31-18)23(2,3)4)29-21(34)19-10-16(13-36-6)30-32(19)5/h10-11,14-15,17H,7-9,12-13H2,1-6H3,(H,28,35)(H,29,34)/t14-,15-,17+/m0/s1. The van der Waals surface area contributed by atoms with Gasteiger partial charge in [0.25, 0.3) is 5.91 Å². The first kappa shape index (κ1) is 28.5. The molecule has 2 amide bonds. The minimum Gasteiger partial charge on any atom is -0.446 e. The summed E-state index contributed by atoms with van der Waals surface area (Å²) in [5.74, 6) is 0.145. The number of rotatable bonds is 8. The van der Waals surface area contributed by atoms with Crippen LogP contribution >= 0.6 is 0 Å². The number of nitrogens with zero attached hydrogens (tertiary/aromatic N) is 4. The van der Waals surface area contributed by atoms with Gasteiger partial charge in [-0.2, -0.15) is 23.4 Å². The van der Waals surface area contributed by atoms with Crippen LogP contribution in [-0.4, -0.2) is 57.0 Å². The minimum atomic E-state index is -4.37. The van der Waals surface area contributed by atoms with Gasteiger partial charge in [-0.1, -0.05) is 0 Å². The number of carbonyl (C=O) groups is 2. The highest BCUT2D eigenvalue weighted by Crippen LogP contribution is 2.37. The van der Waals surface area contributed by atoms with Crippen molar-refractivity contribution < 1.29 is 32.2 Å². The Hall–Kier alpha value is -3.09. The molecule has 0 spiro atoms. The molecule has 1 aliphatic carbocycles. The molecule has 2 N–H and O–H groups in total. The maximum atomic E-state index is 13.0. The molecular weight excluding hydrogens is 493 g/mol. The third-order valence-electron chi connectivity index (χ3n) is 6.04. The summed E-state index contributed by atoms with van der Waals surface area (Å²) in [5.41, 5.74) is 1.31. The van der Waals surface area contributed by atoms with Crippen molar-refractivity contribution >= 4 is 17.8 Å². The Bertz CT molecular complexity index is 1110. The molecular formula is C24H35F3N6O4. The molecule has 13 heteroatoms. The summed E-state index contributed by atoms with van der Waals surface area (Å²) in [7, 11) is 3.23. The molecule has 206 valence electrons. The summed E-state index contributed by atoms with van der Waals surface area (Å²) in [6.45, 7) is 7.47. The zero-order valence-electron chi connectivity index (χ0n) is 22.0. The van der Waals surface area contributed by atoms with E-state index < -0.39 is 36.4 Å². The molecule has 37 heavy (non-hydrogen) atoms. The number of ether oxygens (including phenoxy) is 2. The molecule has 0 bridgehead atoms. The van der Waals surface area contributed by atoms with E-state index in [0.29, 0.717) is 36.5 Å². The summed E-state index contributed by atoms with van der Waals surface area (Å²) in [5, 5.41) is 14.2. The third-order valence-corrected chi connectivity index (χ3v) is 6.04. The Kier molecular flexibility index (Phi) is 8.56. The summed E-state index contributed by atoms with van der Waals surface area (Å²) >= 11 is 0. The fourth-order valence-electron chi connectivity index (χ4n) is 4.44. The van der Waals surface area contributed by atoms with Gasteiger partial charge in [-0.25, -0.2) is 9.48 Å². The monoisotopic (exact) mass is 528 g/mol. The van der Waals surface area contributed by atoms with Gasteiger partial charge in [-0.05, 0) is 53.0 Å². The molecule has 3 rings (SSSR count). The lowest BCUT2D eigenvalue weighted by Gasteiger charge is -2.22. The van der Waals surface area contributed by atoms with E-state index in [1.165, 1.54) is 11.6 Å². The largest absolute Gasteiger partial charge is 0.446 e. The quantitative estimate of drug-likeness (QED) is 0.523. The molecule has 2 heterocycles. The molecule has 1 saturated carbocycles. The van der Waals surface area contributed by atoms with Crippen molar-refractivity contribution in [3.8, 4) is 0 Å². The van der Waals surface area contributed by atoms with Gasteiger partial charge >= 0.3 is 12.3 Å². The van der Waals surface area contributed by atoms with Crippen molar-refractivity contribution in [2.24, 2.45) is 7.05 Å². The van der Waals surface area contributed by atoms with Crippen molar-refractivity contribution in [2.45, 2.75) is 89.8 Å². The summed E-state index contributed by atoms with van der Waals surface area (Å²) in [6.07, 6.45) is -5.06. The zero-order valence-corrected chi connectivity index (χ0v) is 22.0. The summed E-state index contributed by atoms with van der Waals surface area (Å²) in [6, 6.07) is 2.40. The number of alkyl halides is 3. The van der Waals surface area contributed by atoms with Crippen molar-refractivity contribution in [1.29, 1.82) is 0 Å². The molecule has 0 radical (unpaired) electrons. The van der Waals surface area contributed by atoms with Crippen molar-refractivity contribution in [3.05, 3.63) is 29.2 Å². The van der Waals surface area contributed by atoms with Crippen molar-refractivity contribution in [1.82, 2.24) is 24.9 Å². The number of carbonyl (C=O) groups excluding carboxylic acids is 2. The highest BCUT2D eigenvalue weighted by molar-refractivity contribution is 6.02. The Balaban J connectivity index is 1.68. The van der Waals surface area contributed by atoms with Crippen molar-refractivity contribution in [2.75, 3.05) is 12.4 Å². The van der Waals surface area contributed by atoms with Crippen molar-refractivity contribution in [3.63, 3.8) is 0 Å². The first-order chi connectivity index (χ1) is 17.2. The number of methoxy groups -OCH3 is 1. The lowest BCUT2D eigenvalue weighted by molar-refractivity contribution is -0.138. The topological polar surface area (TPSA) is 112 Å². The maximum absolute atomic E-state index is 13.0. The number of alkyl carbamates (subject to hydrolysis) is 1. The highest BCUT2D eigenvalue weighted by Gasteiger charge is 2.34. The van der Waals surface area contributed by atoms with Crippen LogP contribution in [0.15, 0.2) is 12.1 Å². The van der Waals surface area contributed by atoms with Gasteiger partial charge in [-0.15, -0.1) is 0 Å². The number of hydrogen-bond acceptors (Lipinski definition) is 6. The van der Waals surface area contributed by atoms with Gasteiger partial charge < -0.3 is 20.1 Å². The maximum Gasteiger partial charge on any atom is 0.407 e. The first-order valence-electron chi connectivity index (χ1n) is 12.1. The predicted molar refractivity (Wildman–Crippen MR) is 129 cm³/mol. The smallest absolute Gasteiger partial charge is 0.407 e. The fraction of sp³-hybridized carbons (Fsp3) is 0.667. The fourth-order valence-corrected chi connectivity index (χ4v) is 4.44. The van der Waals surface area contributed by atoms with Crippen LogP contribution < -0.4 is 10.6 Å². The van der Waals surface area contributed by atoms with E-state index in [1.54, 1.807) is 24.9 Å². The van der Waals surface area contributed by atoms with Crippen LogP contribution in [0.25, 0.3) is 0 Å². The summed E-state index contributed by atoms with van der Waals surface area (Å²) < 4.78 is 51.2. The number of anilines is 1. The van der Waals surface area contributed by atoms with E-state index in [1.807, 2.05) is 26.8 Å². The molecule has 0 aromatic carbocycles. The van der Waals surface area contributed by atoms with E-state index >= 15 is 0 Å². The van der Waals surface area contributed by atoms with E-state index in [0.717, 1.165) is 5.69 Å². The Morgan fingerprint density at radius 2 is 1.89 bits per heavy atom.